The smallest absolute Gasteiger partial charge is 0.325 e. The summed E-state index contributed by atoms with van der Waals surface area (Å²) in [4.78, 5) is 25.9. The van der Waals surface area contributed by atoms with Gasteiger partial charge in [0.2, 0.25) is 0 Å². The van der Waals surface area contributed by atoms with Crippen LogP contribution in [-0.2, 0) is 16.1 Å². The molecule has 6 nitrogen and oxygen atoms in total. The van der Waals surface area contributed by atoms with Crippen molar-refractivity contribution in [3.8, 4) is 0 Å². The van der Waals surface area contributed by atoms with Crippen LogP contribution in [0.4, 0.5) is 10.5 Å². The normalized spacial score (nSPS) is 21.3. The fourth-order valence-electron chi connectivity index (χ4n) is 2.75. The SMILES string of the molecule is Nc1cccc(CN2C(=O)NC3(CCOCC3)C2=O)c1. The molecule has 2 fully saturated rings. The van der Waals surface area contributed by atoms with Crippen LogP contribution in [-0.4, -0.2) is 35.6 Å². The maximum absolute atomic E-state index is 12.5. The number of carbonyl (C=O) groups excluding carboxylic acids is 2. The van der Waals surface area contributed by atoms with Crippen molar-refractivity contribution in [3.05, 3.63) is 29.8 Å². The quantitative estimate of drug-likeness (QED) is 0.619. The number of rotatable bonds is 2. The van der Waals surface area contributed by atoms with Crippen LogP contribution in [0.3, 0.4) is 0 Å². The van der Waals surface area contributed by atoms with Crippen molar-refractivity contribution in [1.29, 1.82) is 0 Å². The average Bonchev–Trinajstić information content (AvgIpc) is 2.64. The maximum Gasteiger partial charge on any atom is 0.325 e. The Morgan fingerprint density at radius 1 is 1.30 bits per heavy atom. The van der Waals surface area contributed by atoms with E-state index in [1.807, 2.05) is 12.1 Å². The molecular weight excluding hydrogens is 258 g/mol. The van der Waals surface area contributed by atoms with E-state index in [2.05, 4.69) is 5.32 Å². The first-order valence-corrected chi connectivity index (χ1v) is 6.67. The van der Waals surface area contributed by atoms with Crippen LogP contribution < -0.4 is 11.1 Å². The molecule has 3 rings (SSSR count). The second-order valence-electron chi connectivity index (χ2n) is 5.26. The lowest BCUT2D eigenvalue weighted by Crippen LogP contribution is -2.51. The number of ether oxygens (including phenoxy) is 1. The van der Waals surface area contributed by atoms with Crippen LogP contribution in [0.1, 0.15) is 18.4 Å². The van der Waals surface area contributed by atoms with Crippen molar-refractivity contribution < 1.29 is 14.3 Å². The minimum Gasteiger partial charge on any atom is -0.399 e. The molecule has 1 aromatic carbocycles. The molecule has 1 spiro atoms. The van der Waals surface area contributed by atoms with E-state index in [4.69, 9.17) is 10.5 Å². The van der Waals surface area contributed by atoms with Gasteiger partial charge in [0.05, 0.1) is 6.54 Å². The van der Waals surface area contributed by atoms with Crippen LogP contribution in [0.5, 0.6) is 0 Å². The highest BCUT2D eigenvalue weighted by atomic mass is 16.5. The number of nitrogens with two attached hydrogens (primary N) is 1. The molecule has 0 aliphatic carbocycles. The number of anilines is 1. The molecule has 0 saturated carbocycles. The Bertz CT molecular complexity index is 552. The molecule has 0 unspecified atom stereocenters. The highest BCUT2D eigenvalue weighted by Crippen LogP contribution is 2.29. The lowest BCUT2D eigenvalue weighted by atomic mass is 9.90. The molecule has 2 aliphatic heterocycles. The Hall–Kier alpha value is -2.08. The first-order chi connectivity index (χ1) is 9.61. The fraction of sp³-hybridized carbons (Fsp3) is 0.429. The zero-order valence-electron chi connectivity index (χ0n) is 11.1. The van der Waals surface area contributed by atoms with E-state index in [1.54, 1.807) is 12.1 Å². The molecule has 0 bridgehead atoms. The summed E-state index contributed by atoms with van der Waals surface area (Å²) in [5.74, 6) is -0.159. The number of amides is 3. The van der Waals surface area contributed by atoms with Gasteiger partial charge in [-0.15, -0.1) is 0 Å². The summed E-state index contributed by atoms with van der Waals surface area (Å²) in [5.41, 5.74) is 6.42. The van der Waals surface area contributed by atoms with E-state index in [0.717, 1.165) is 5.56 Å². The van der Waals surface area contributed by atoms with E-state index in [-0.39, 0.29) is 18.5 Å². The Kier molecular flexibility index (Phi) is 3.10. The summed E-state index contributed by atoms with van der Waals surface area (Å²) in [5, 5.41) is 2.83. The Balaban J connectivity index is 1.80. The average molecular weight is 275 g/mol. The topological polar surface area (TPSA) is 84.7 Å². The predicted octanol–water partition coefficient (Wildman–Crippen LogP) is 0.870. The lowest BCUT2D eigenvalue weighted by molar-refractivity contribution is -0.134. The molecule has 2 saturated heterocycles. The summed E-state index contributed by atoms with van der Waals surface area (Å²) in [6.45, 7) is 1.24. The molecule has 1 aromatic rings. The van der Waals surface area contributed by atoms with E-state index >= 15 is 0 Å². The minimum absolute atomic E-state index is 0.159. The number of benzene rings is 1. The van der Waals surface area contributed by atoms with Crippen molar-refractivity contribution in [2.45, 2.75) is 24.9 Å². The second-order valence-corrected chi connectivity index (χ2v) is 5.26. The third-order valence-corrected chi connectivity index (χ3v) is 3.88. The zero-order valence-corrected chi connectivity index (χ0v) is 11.1. The number of imide groups is 1. The van der Waals surface area contributed by atoms with Gasteiger partial charge in [-0.2, -0.15) is 0 Å². The Morgan fingerprint density at radius 2 is 2.05 bits per heavy atom. The molecule has 0 radical (unpaired) electrons. The van der Waals surface area contributed by atoms with Crippen molar-refractivity contribution in [3.63, 3.8) is 0 Å². The summed E-state index contributed by atoms with van der Waals surface area (Å²) < 4.78 is 5.27. The van der Waals surface area contributed by atoms with E-state index in [0.29, 0.717) is 31.7 Å². The molecule has 20 heavy (non-hydrogen) atoms. The highest BCUT2D eigenvalue weighted by molar-refractivity contribution is 6.07. The van der Waals surface area contributed by atoms with E-state index in [1.165, 1.54) is 4.90 Å². The molecular formula is C14H17N3O3. The Labute approximate surface area is 116 Å². The second kappa shape index (κ2) is 4.79. The van der Waals surface area contributed by atoms with Gasteiger partial charge in [0, 0.05) is 31.7 Å². The summed E-state index contributed by atoms with van der Waals surface area (Å²) >= 11 is 0. The van der Waals surface area contributed by atoms with Gasteiger partial charge < -0.3 is 15.8 Å². The molecule has 2 aliphatic rings. The predicted molar refractivity (Wildman–Crippen MR) is 72.7 cm³/mol. The van der Waals surface area contributed by atoms with Gasteiger partial charge in [-0.1, -0.05) is 12.1 Å². The number of nitrogens with zero attached hydrogens (tertiary/aromatic N) is 1. The van der Waals surface area contributed by atoms with Crippen LogP contribution >= 0.6 is 0 Å². The number of nitrogens with one attached hydrogen (secondary N) is 1. The van der Waals surface area contributed by atoms with Crippen molar-refractivity contribution in [1.82, 2.24) is 10.2 Å². The Morgan fingerprint density at radius 3 is 2.75 bits per heavy atom. The largest absolute Gasteiger partial charge is 0.399 e. The van der Waals surface area contributed by atoms with Gasteiger partial charge in [-0.25, -0.2) is 4.79 Å². The van der Waals surface area contributed by atoms with Crippen LogP contribution in [0.15, 0.2) is 24.3 Å². The number of hydrogen-bond donors (Lipinski definition) is 2. The first kappa shape index (κ1) is 12.9. The molecule has 0 atom stereocenters. The molecule has 6 heteroatoms. The van der Waals surface area contributed by atoms with Crippen molar-refractivity contribution in [2.75, 3.05) is 18.9 Å². The third-order valence-electron chi connectivity index (χ3n) is 3.88. The van der Waals surface area contributed by atoms with Crippen LogP contribution in [0.2, 0.25) is 0 Å². The van der Waals surface area contributed by atoms with Gasteiger partial charge in [0.15, 0.2) is 0 Å². The monoisotopic (exact) mass is 275 g/mol. The van der Waals surface area contributed by atoms with E-state index in [9.17, 15) is 9.59 Å². The minimum atomic E-state index is -0.768. The number of nitrogen functional groups attached to an aromatic ring is 1. The number of hydrogen-bond acceptors (Lipinski definition) is 4. The van der Waals surface area contributed by atoms with Crippen LogP contribution in [0.25, 0.3) is 0 Å². The molecule has 0 aromatic heterocycles. The fourth-order valence-corrected chi connectivity index (χ4v) is 2.75. The van der Waals surface area contributed by atoms with Crippen molar-refractivity contribution >= 4 is 17.6 Å². The first-order valence-electron chi connectivity index (χ1n) is 6.67. The summed E-state index contributed by atoms with van der Waals surface area (Å²) in [6, 6.07) is 6.88. The standard InChI is InChI=1S/C14H17N3O3/c15-11-3-1-2-10(8-11)9-17-12(18)14(16-13(17)19)4-6-20-7-5-14/h1-3,8H,4-7,9,15H2,(H,16,19). The summed E-state index contributed by atoms with van der Waals surface area (Å²) in [7, 11) is 0. The summed E-state index contributed by atoms with van der Waals surface area (Å²) in [6.07, 6.45) is 1.07. The van der Waals surface area contributed by atoms with Gasteiger partial charge in [0.1, 0.15) is 5.54 Å². The van der Waals surface area contributed by atoms with Gasteiger partial charge >= 0.3 is 6.03 Å². The van der Waals surface area contributed by atoms with Gasteiger partial charge in [0.25, 0.3) is 5.91 Å². The van der Waals surface area contributed by atoms with E-state index < -0.39 is 5.54 Å². The van der Waals surface area contributed by atoms with Crippen molar-refractivity contribution in [2.24, 2.45) is 0 Å². The van der Waals surface area contributed by atoms with Gasteiger partial charge in [-0.05, 0) is 17.7 Å². The number of carbonyl (C=O) groups is 2. The van der Waals surface area contributed by atoms with Crippen LogP contribution in [0, 0.1) is 0 Å². The van der Waals surface area contributed by atoms with Gasteiger partial charge in [-0.3, -0.25) is 9.69 Å². The lowest BCUT2D eigenvalue weighted by Gasteiger charge is -2.30. The molecule has 3 N–H and O–H groups in total. The molecule has 106 valence electrons. The number of urea groups is 1. The molecule has 2 heterocycles. The molecule has 3 amide bonds. The zero-order chi connectivity index (χ0) is 14.2. The third kappa shape index (κ3) is 2.12. The highest BCUT2D eigenvalue weighted by Gasteiger charge is 2.51. The maximum atomic E-state index is 12.5.